The van der Waals surface area contributed by atoms with Gasteiger partial charge in [0.05, 0.1) is 11.1 Å². The van der Waals surface area contributed by atoms with Gasteiger partial charge in [-0.25, -0.2) is 4.98 Å². The standard InChI is InChI=1S/C11H9BrINOS/c12-9-2-1-7(13)5-8(9)10(15)6-11-14-3-4-16-11/h1-5,10,15H,6H2. The SMILES string of the molecule is OC(Cc1nccs1)c1cc(I)ccc1Br. The summed E-state index contributed by atoms with van der Waals surface area (Å²) in [4.78, 5) is 4.18. The van der Waals surface area contributed by atoms with Crippen molar-refractivity contribution in [2.45, 2.75) is 12.5 Å². The summed E-state index contributed by atoms with van der Waals surface area (Å²) in [5, 5.41) is 13.0. The number of halogens is 2. The Bertz CT molecular complexity index is 475. The zero-order valence-electron chi connectivity index (χ0n) is 8.23. The van der Waals surface area contributed by atoms with Crippen LogP contribution in [0.15, 0.2) is 34.2 Å². The van der Waals surface area contributed by atoms with Crippen LogP contribution in [0.25, 0.3) is 0 Å². The van der Waals surface area contributed by atoms with E-state index in [-0.39, 0.29) is 0 Å². The second kappa shape index (κ2) is 5.57. The fourth-order valence-corrected chi connectivity index (χ4v) is 3.08. The van der Waals surface area contributed by atoms with Gasteiger partial charge in [-0.1, -0.05) is 15.9 Å². The normalized spacial score (nSPS) is 12.7. The molecule has 2 rings (SSSR count). The lowest BCUT2D eigenvalue weighted by atomic mass is 10.1. The van der Waals surface area contributed by atoms with E-state index in [9.17, 15) is 5.11 Å². The lowest BCUT2D eigenvalue weighted by Gasteiger charge is -2.11. The van der Waals surface area contributed by atoms with Crippen LogP contribution in [0.3, 0.4) is 0 Å². The molecule has 2 nitrogen and oxygen atoms in total. The third-order valence-electron chi connectivity index (χ3n) is 2.17. The van der Waals surface area contributed by atoms with Gasteiger partial charge in [-0.3, -0.25) is 0 Å². The Morgan fingerprint density at radius 3 is 3.00 bits per heavy atom. The summed E-state index contributed by atoms with van der Waals surface area (Å²) in [6, 6.07) is 5.95. The van der Waals surface area contributed by atoms with E-state index in [1.54, 1.807) is 17.5 Å². The minimum absolute atomic E-state index is 0.504. The summed E-state index contributed by atoms with van der Waals surface area (Å²) in [6.45, 7) is 0. The maximum absolute atomic E-state index is 10.1. The number of benzene rings is 1. The van der Waals surface area contributed by atoms with E-state index in [0.29, 0.717) is 6.42 Å². The molecule has 1 atom stereocenters. The van der Waals surface area contributed by atoms with Crippen molar-refractivity contribution in [3.8, 4) is 0 Å². The molecule has 1 aromatic carbocycles. The first-order chi connectivity index (χ1) is 7.66. The zero-order chi connectivity index (χ0) is 11.5. The second-order valence-electron chi connectivity index (χ2n) is 3.31. The van der Waals surface area contributed by atoms with E-state index in [4.69, 9.17) is 0 Å². The summed E-state index contributed by atoms with van der Waals surface area (Å²) in [5.74, 6) is 0. The molecule has 0 saturated carbocycles. The maximum atomic E-state index is 10.1. The summed E-state index contributed by atoms with van der Waals surface area (Å²) in [6.07, 6.45) is 1.82. The van der Waals surface area contributed by atoms with Crippen LogP contribution >= 0.6 is 49.9 Å². The summed E-state index contributed by atoms with van der Waals surface area (Å²) < 4.78 is 2.06. The third-order valence-corrected chi connectivity index (χ3v) is 4.36. The van der Waals surface area contributed by atoms with Gasteiger partial charge in [-0.2, -0.15) is 0 Å². The molecule has 0 aliphatic heterocycles. The van der Waals surface area contributed by atoms with Crippen LogP contribution in [-0.2, 0) is 6.42 Å². The van der Waals surface area contributed by atoms with Crippen molar-refractivity contribution in [3.05, 3.63) is 48.4 Å². The fourth-order valence-electron chi connectivity index (χ4n) is 1.40. The number of thiazole rings is 1. The number of aromatic nitrogens is 1. The minimum Gasteiger partial charge on any atom is -0.388 e. The van der Waals surface area contributed by atoms with Crippen LogP contribution in [0.2, 0.25) is 0 Å². The Labute approximate surface area is 120 Å². The molecule has 0 saturated heterocycles. The topological polar surface area (TPSA) is 33.1 Å². The summed E-state index contributed by atoms with van der Waals surface area (Å²) in [7, 11) is 0. The molecule has 0 aliphatic rings. The van der Waals surface area contributed by atoms with E-state index >= 15 is 0 Å². The molecule has 1 unspecified atom stereocenters. The molecule has 0 aliphatic carbocycles. The first kappa shape index (κ1) is 12.5. The number of rotatable bonds is 3. The van der Waals surface area contributed by atoms with Gasteiger partial charge in [0.1, 0.15) is 0 Å². The predicted octanol–water partition coefficient (Wildman–Crippen LogP) is 3.79. The fraction of sp³-hybridized carbons (Fsp3) is 0.182. The Morgan fingerprint density at radius 2 is 2.31 bits per heavy atom. The van der Waals surface area contributed by atoms with Gasteiger partial charge in [-0.05, 0) is 46.4 Å². The van der Waals surface area contributed by atoms with Gasteiger partial charge < -0.3 is 5.11 Å². The van der Waals surface area contributed by atoms with Gasteiger partial charge in [0.15, 0.2) is 0 Å². The van der Waals surface area contributed by atoms with Crippen molar-refractivity contribution in [2.24, 2.45) is 0 Å². The average molecular weight is 410 g/mol. The number of nitrogens with zero attached hydrogens (tertiary/aromatic N) is 1. The smallest absolute Gasteiger partial charge is 0.0954 e. The molecule has 1 N–H and O–H groups in total. The van der Waals surface area contributed by atoms with E-state index in [2.05, 4.69) is 43.5 Å². The molecule has 1 heterocycles. The first-order valence-electron chi connectivity index (χ1n) is 4.68. The Balaban J connectivity index is 2.20. The van der Waals surface area contributed by atoms with Gasteiger partial charge in [0.2, 0.25) is 0 Å². The van der Waals surface area contributed by atoms with Crippen LogP contribution in [-0.4, -0.2) is 10.1 Å². The molecule has 0 bridgehead atoms. The van der Waals surface area contributed by atoms with Crippen molar-refractivity contribution in [3.63, 3.8) is 0 Å². The van der Waals surface area contributed by atoms with E-state index in [0.717, 1.165) is 18.6 Å². The first-order valence-corrected chi connectivity index (χ1v) is 7.43. The largest absolute Gasteiger partial charge is 0.388 e. The van der Waals surface area contributed by atoms with Gasteiger partial charge >= 0.3 is 0 Å². The maximum Gasteiger partial charge on any atom is 0.0954 e. The summed E-state index contributed by atoms with van der Waals surface area (Å²) in [5.41, 5.74) is 0.919. The third kappa shape index (κ3) is 3.03. The summed E-state index contributed by atoms with van der Waals surface area (Å²) >= 11 is 7.26. The van der Waals surface area contributed by atoms with Gasteiger partial charge in [0, 0.05) is 26.0 Å². The molecule has 0 fully saturated rings. The molecule has 0 radical (unpaired) electrons. The van der Waals surface area contributed by atoms with Crippen LogP contribution in [0.1, 0.15) is 16.7 Å². The number of aliphatic hydroxyl groups excluding tert-OH is 1. The van der Waals surface area contributed by atoms with Crippen LogP contribution in [0, 0.1) is 3.57 Å². The van der Waals surface area contributed by atoms with Crippen LogP contribution in [0.4, 0.5) is 0 Å². The predicted molar refractivity (Wildman–Crippen MR) is 77.6 cm³/mol. The molecule has 1 aromatic heterocycles. The lowest BCUT2D eigenvalue weighted by molar-refractivity contribution is 0.177. The van der Waals surface area contributed by atoms with Crippen LogP contribution in [0.5, 0.6) is 0 Å². The zero-order valence-corrected chi connectivity index (χ0v) is 12.8. The number of hydrogen-bond acceptors (Lipinski definition) is 3. The molecule has 5 heteroatoms. The molecule has 2 aromatic rings. The number of hydrogen-bond donors (Lipinski definition) is 1. The van der Waals surface area contributed by atoms with Gasteiger partial charge in [0.25, 0.3) is 0 Å². The molecule has 0 spiro atoms. The van der Waals surface area contributed by atoms with Crippen molar-refractivity contribution in [1.82, 2.24) is 4.98 Å². The molecule has 16 heavy (non-hydrogen) atoms. The second-order valence-corrected chi connectivity index (χ2v) is 6.39. The van der Waals surface area contributed by atoms with E-state index in [1.165, 1.54) is 0 Å². The van der Waals surface area contributed by atoms with Crippen molar-refractivity contribution in [2.75, 3.05) is 0 Å². The van der Waals surface area contributed by atoms with E-state index < -0.39 is 6.10 Å². The highest BCUT2D eigenvalue weighted by atomic mass is 127. The molecular formula is C11H9BrINOS. The van der Waals surface area contributed by atoms with Gasteiger partial charge in [-0.15, -0.1) is 11.3 Å². The Morgan fingerprint density at radius 1 is 1.50 bits per heavy atom. The highest BCUT2D eigenvalue weighted by Crippen LogP contribution is 2.28. The van der Waals surface area contributed by atoms with Crippen molar-refractivity contribution < 1.29 is 5.11 Å². The highest BCUT2D eigenvalue weighted by molar-refractivity contribution is 14.1. The Kier molecular flexibility index (Phi) is 4.34. The van der Waals surface area contributed by atoms with Crippen molar-refractivity contribution in [1.29, 1.82) is 0 Å². The lowest BCUT2D eigenvalue weighted by Crippen LogP contribution is -2.02. The van der Waals surface area contributed by atoms with Crippen molar-refractivity contribution >= 4 is 49.9 Å². The minimum atomic E-state index is -0.504. The molecule has 84 valence electrons. The average Bonchev–Trinajstić information content (AvgIpc) is 2.74. The highest BCUT2D eigenvalue weighted by Gasteiger charge is 2.13. The molecular weight excluding hydrogens is 401 g/mol. The van der Waals surface area contributed by atoms with Crippen LogP contribution < -0.4 is 0 Å². The monoisotopic (exact) mass is 409 g/mol. The Hall–Kier alpha value is 0.0200. The molecule has 0 amide bonds. The van der Waals surface area contributed by atoms with E-state index in [1.807, 2.05) is 23.6 Å². The number of aliphatic hydroxyl groups is 1. The quantitative estimate of drug-likeness (QED) is 0.782.